The van der Waals surface area contributed by atoms with Crippen LogP contribution in [0.25, 0.3) is 10.9 Å². The van der Waals surface area contributed by atoms with Crippen molar-refractivity contribution in [3.63, 3.8) is 0 Å². The Morgan fingerprint density at radius 2 is 1.90 bits per heavy atom. The maximum absolute atomic E-state index is 12.5. The lowest BCUT2D eigenvalue weighted by molar-refractivity contribution is -0.138. The van der Waals surface area contributed by atoms with Crippen molar-refractivity contribution in [2.45, 2.75) is 6.54 Å². The number of nitrogens with one attached hydrogen (secondary N) is 1. The van der Waals surface area contributed by atoms with Gasteiger partial charge in [-0.25, -0.2) is 4.98 Å². The van der Waals surface area contributed by atoms with Gasteiger partial charge < -0.3 is 14.6 Å². The number of carbonyl (C=O) groups is 2. The molecule has 1 heterocycles. The zero-order chi connectivity index (χ0) is 21.7. The van der Waals surface area contributed by atoms with Crippen molar-refractivity contribution in [3.8, 4) is 0 Å². The molecular weight excluding hydrogens is 412 g/mol. The smallest absolute Gasteiger partial charge is 0.326 e. The Morgan fingerprint density at radius 1 is 1.20 bits per heavy atom. The topological polar surface area (TPSA) is 134 Å². The minimum absolute atomic E-state index is 0.224. The molecule has 0 radical (unpaired) electrons. The van der Waals surface area contributed by atoms with Gasteiger partial charge in [-0.1, -0.05) is 12.1 Å². The second-order valence-electron chi connectivity index (χ2n) is 6.12. The zero-order valence-electron chi connectivity index (χ0n) is 15.8. The molecule has 3 rings (SSSR count). The fraction of sp³-hybridized carbons (Fsp3) is 0.158. The summed E-state index contributed by atoms with van der Waals surface area (Å²) in [4.78, 5) is 40.3. The lowest BCUT2D eigenvalue weighted by Gasteiger charge is -2.25. The van der Waals surface area contributed by atoms with E-state index < -0.39 is 29.7 Å². The molecule has 2 aromatic carbocycles. The summed E-state index contributed by atoms with van der Waals surface area (Å²) in [5, 5.41) is 3.03. The number of esters is 1. The van der Waals surface area contributed by atoms with Crippen molar-refractivity contribution in [3.05, 3.63) is 65.2 Å². The molecule has 0 aliphatic heterocycles. The summed E-state index contributed by atoms with van der Waals surface area (Å²) in [6, 6.07) is 12.6. The van der Waals surface area contributed by atoms with Crippen molar-refractivity contribution in [1.82, 2.24) is 9.55 Å². The predicted octanol–water partition coefficient (Wildman–Crippen LogP) is 0.809. The molecule has 1 aromatic heterocycles. The van der Waals surface area contributed by atoms with Crippen LogP contribution >= 0.6 is 0 Å². The first kappa shape index (κ1) is 21.1. The second kappa shape index (κ2) is 9.29. The number of aromatic nitrogens is 2. The minimum atomic E-state index is -2.68. The maximum Gasteiger partial charge on any atom is 0.326 e. The van der Waals surface area contributed by atoms with Gasteiger partial charge in [-0.2, -0.15) is 0 Å². The Balaban J connectivity index is 1.70. The molecule has 0 saturated heterocycles. The molecule has 0 aliphatic carbocycles. The number of methoxy groups -OCH3 is 1. The van der Waals surface area contributed by atoms with Gasteiger partial charge in [0.15, 0.2) is 0 Å². The third kappa shape index (κ3) is 4.88. The quantitative estimate of drug-likeness (QED) is 0.434. The van der Waals surface area contributed by atoms with Gasteiger partial charge in [-0.3, -0.25) is 27.5 Å². The van der Waals surface area contributed by atoms with Gasteiger partial charge in [0, 0.05) is 22.6 Å². The van der Waals surface area contributed by atoms with Crippen LogP contribution < -0.4 is 15.2 Å². The Bertz CT molecular complexity index is 1160. The molecule has 0 fully saturated rings. The third-order valence-electron chi connectivity index (χ3n) is 4.16. The lowest BCUT2D eigenvalue weighted by Crippen LogP contribution is -2.32. The van der Waals surface area contributed by atoms with Crippen LogP contribution in [-0.4, -0.2) is 43.8 Å². The molecule has 0 spiro atoms. The number of rotatable bonds is 7. The first-order valence-electron chi connectivity index (χ1n) is 8.67. The average molecular weight is 429 g/mol. The molecular formula is C19H17N4O6S-. The molecule has 0 bridgehead atoms. The number of fused-ring (bicyclic) bond motifs is 1. The van der Waals surface area contributed by atoms with Gasteiger partial charge in [-0.05, 0) is 36.4 Å². The Morgan fingerprint density at radius 3 is 2.57 bits per heavy atom. The first-order valence-corrected chi connectivity index (χ1v) is 9.70. The summed E-state index contributed by atoms with van der Waals surface area (Å²) in [6.07, 6.45) is 1.31. The van der Waals surface area contributed by atoms with Crippen LogP contribution in [0.3, 0.4) is 0 Å². The number of hydrogen-bond donors (Lipinski definition) is 1. The number of anilines is 2. The molecule has 11 heteroatoms. The number of carbonyl (C=O) groups excluding carboxylic acids is 2. The van der Waals surface area contributed by atoms with Crippen LogP contribution in [0, 0.1) is 0 Å². The molecule has 3 aromatic rings. The Hall–Kier alpha value is -3.57. The van der Waals surface area contributed by atoms with Crippen LogP contribution in [0.4, 0.5) is 11.4 Å². The third-order valence-corrected chi connectivity index (χ3v) is 4.86. The highest BCUT2D eigenvalue weighted by Gasteiger charge is 2.13. The minimum Gasteiger partial charge on any atom is -0.755 e. The van der Waals surface area contributed by atoms with E-state index in [0.717, 1.165) is 11.4 Å². The number of amides is 1. The molecule has 1 unspecified atom stereocenters. The van der Waals surface area contributed by atoms with Crippen LogP contribution in [-0.2, 0) is 32.1 Å². The van der Waals surface area contributed by atoms with E-state index in [1.165, 1.54) is 35.2 Å². The van der Waals surface area contributed by atoms with Crippen LogP contribution in [0.15, 0.2) is 59.7 Å². The monoisotopic (exact) mass is 429 g/mol. The van der Waals surface area contributed by atoms with Gasteiger partial charge in [-0.15, -0.1) is 0 Å². The molecule has 30 heavy (non-hydrogen) atoms. The lowest BCUT2D eigenvalue weighted by atomic mass is 10.2. The number of ether oxygens (including phenoxy) is 1. The second-order valence-corrected chi connectivity index (χ2v) is 6.99. The standard InChI is InChI=1S/C19H18N4O6S/c1-29-18(25)11-23(30(27)28)14-8-6-13(7-9-14)21-17(24)10-22-12-20-16-5-3-2-4-15(16)19(22)26/h2-9,12H,10-11H2,1H3,(H,21,24)(H,27,28)/p-1. The van der Waals surface area contributed by atoms with Gasteiger partial charge in [0.25, 0.3) is 5.56 Å². The maximum atomic E-state index is 12.5. The summed E-state index contributed by atoms with van der Waals surface area (Å²) >= 11 is -2.68. The summed E-state index contributed by atoms with van der Waals surface area (Å²) < 4.78 is 29.2. The normalized spacial score (nSPS) is 11.7. The summed E-state index contributed by atoms with van der Waals surface area (Å²) in [5.74, 6) is -1.17. The molecule has 156 valence electrons. The SMILES string of the molecule is COC(=O)CN(c1ccc(NC(=O)Cn2cnc3ccccc3c2=O)cc1)S(=O)[O-]. The van der Waals surface area contributed by atoms with Gasteiger partial charge in [0.05, 0.1) is 24.3 Å². The van der Waals surface area contributed by atoms with E-state index in [0.29, 0.717) is 16.6 Å². The Kier molecular flexibility index (Phi) is 6.54. The first-order chi connectivity index (χ1) is 14.4. The van der Waals surface area contributed by atoms with Crippen molar-refractivity contribution in [1.29, 1.82) is 0 Å². The van der Waals surface area contributed by atoms with E-state index in [4.69, 9.17) is 0 Å². The van der Waals surface area contributed by atoms with Crippen molar-refractivity contribution in [2.24, 2.45) is 0 Å². The Labute approximate surface area is 173 Å². The molecule has 1 N–H and O–H groups in total. The van der Waals surface area contributed by atoms with E-state index >= 15 is 0 Å². The predicted molar refractivity (Wildman–Crippen MR) is 109 cm³/mol. The summed E-state index contributed by atoms with van der Waals surface area (Å²) in [6.45, 7) is -0.715. The number of benzene rings is 2. The fourth-order valence-electron chi connectivity index (χ4n) is 2.70. The van der Waals surface area contributed by atoms with E-state index in [9.17, 15) is 23.1 Å². The zero-order valence-corrected chi connectivity index (χ0v) is 16.6. The number of hydrogen-bond acceptors (Lipinski definition) is 7. The molecule has 1 amide bonds. The largest absolute Gasteiger partial charge is 0.755 e. The van der Waals surface area contributed by atoms with Gasteiger partial charge >= 0.3 is 5.97 Å². The van der Waals surface area contributed by atoms with Crippen molar-refractivity contribution in [2.75, 3.05) is 23.3 Å². The number of nitrogens with zero attached hydrogens (tertiary/aromatic N) is 3. The summed E-state index contributed by atoms with van der Waals surface area (Å²) in [5.41, 5.74) is 0.825. The highest BCUT2D eigenvalue weighted by atomic mass is 32.2. The van der Waals surface area contributed by atoms with Crippen LogP contribution in [0.2, 0.25) is 0 Å². The van der Waals surface area contributed by atoms with Crippen LogP contribution in [0.1, 0.15) is 0 Å². The summed E-state index contributed by atoms with van der Waals surface area (Å²) in [7, 11) is 1.16. The fourth-order valence-corrected chi connectivity index (χ4v) is 3.20. The van der Waals surface area contributed by atoms with E-state index in [1.54, 1.807) is 24.3 Å². The molecule has 0 aliphatic rings. The molecule has 0 saturated carbocycles. The van der Waals surface area contributed by atoms with Gasteiger partial charge in [0.2, 0.25) is 5.91 Å². The van der Waals surface area contributed by atoms with Crippen molar-refractivity contribution >= 4 is 45.4 Å². The van der Waals surface area contributed by atoms with Crippen molar-refractivity contribution < 1.29 is 23.1 Å². The molecule has 1 atom stereocenters. The van der Waals surface area contributed by atoms with E-state index in [1.807, 2.05) is 0 Å². The van der Waals surface area contributed by atoms with E-state index in [-0.39, 0.29) is 17.8 Å². The highest BCUT2D eigenvalue weighted by molar-refractivity contribution is 7.80. The highest BCUT2D eigenvalue weighted by Crippen LogP contribution is 2.19. The van der Waals surface area contributed by atoms with E-state index in [2.05, 4.69) is 15.0 Å². The van der Waals surface area contributed by atoms with Gasteiger partial charge in [0.1, 0.15) is 13.1 Å². The number of para-hydroxylation sites is 1. The average Bonchev–Trinajstić information content (AvgIpc) is 2.74. The van der Waals surface area contributed by atoms with Crippen LogP contribution in [0.5, 0.6) is 0 Å². The molecule has 10 nitrogen and oxygen atoms in total.